The molecule has 3 heteroatoms. The van der Waals surface area contributed by atoms with Gasteiger partial charge >= 0.3 is 0 Å². The number of amides is 1. The lowest BCUT2D eigenvalue weighted by atomic mass is 9.40. The van der Waals surface area contributed by atoms with E-state index in [1.165, 1.54) is 19.3 Å². The quantitative estimate of drug-likeness (QED) is 0.831. The summed E-state index contributed by atoms with van der Waals surface area (Å²) >= 11 is 0. The second-order valence-electron chi connectivity index (χ2n) is 8.62. The summed E-state index contributed by atoms with van der Waals surface area (Å²) in [5.74, 6) is 1.12. The highest BCUT2D eigenvalue weighted by molar-refractivity contribution is 5.83. The Kier molecular flexibility index (Phi) is 2.27. The SMILES string of the molecule is CC12CC3CC(C)(C1)CC(C(=O)NC1COC1)(C3)C2. The second-order valence-corrected chi connectivity index (χ2v) is 8.62. The first kappa shape index (κ1) is 12.2. The van der Waals surface area contributed by atoms with E-state index in [0.29, 0.717) is 30.0 Å². The van der Waals surface area contributed by atoms with E-state index in [-0.39, 0.29) is 11.5 Å². The predicted octanol–water partition coefficient (Wildman–Crippen LogP) is 2.50. The lowest BCUT2D eigenvalue weighted by Gasteiger charge is -2.64. The van der Waals surface area contributed by atoms with Crippen LogP contribution in [-0.4, -0.2) is 25.2 Å². The number of carbonyl (C=O) groups is 1. The smallest absolute Gasteiger partial charge is 0.226 e. The summed E-state index contributed by atoms with van der Waals surface area (Å²) in [6, 6.07) is 0.279. The van der Waals surface area contributed by atoms with Gasteiger partial charge in [0.15, 0.2) is 0 Å². The van der Waals surface area contributed by atoms with E-state index in [2.05, 4.69) is 19.2 Å². The first-order valence-corrected chi connectivity index (χ1v) is 7.79. The van der Waals surface area contributed by atoms with E-state index in [1.807, 2.05) is 0 Å². The monoisotopic (exact) mass is 263 g/mol. The Morgan fingerprint density at radius 3 is 2.16 bits per heavy atom. The van der Waals surface area contributed by atoms with Crippen molar-refractivity contribution in [1.29, 1.82) is 0 Å². The molecule has 0 radical (unpaired) electrons. The molecule has 5 aliphatic rings. The average molecular weight is 263 g/mol. The molecule has 0 spiro atoms. The molecular weight excluding hydrogens is 238 g/mol. The molecule has 5 rings (SSSR count). The van der Waals surface area contributed by atoms with E-state index < -0.39 is 0 Å². The lowest BCUT2D eigenvalue weighted by Crippen LogP contribution is -2.62. The maximum Gasteiger partial charge on any atom is 0.226 e. The van der Waals surface area contributed by atoms with Crippen molar-refractivity contribution in [2.45, 2.75) is 58.4 Å². The zero-order valence-electron chi connectivity index (χ0n) is 12.1. The van der Waals surface area contributed by atoms with E-state index in [0.717, 1.165) is 25.2 Å². The van der Waals surface area contributed by atoms with Crippen LogP contribution >= 0.6 is 0 Å². The lowest BCUT2D eigenvalue weighted by molar-refractivity contribution is -0.172. The molecular formula is C16H25NO2. The molecule has 2 atom stereocenters. The summed E-state index contributed by atoms with van der Waals surface area (Å²) in [7, 11) is 0. The van der Waals surface area contributed by atoms with Crippen LogP contribution in [0.2, 0.25) is 0 Å². The standard InChI is InChI=1S/C16H25NO2/c1-14-3-11-4-15(2,8-14)10-16(5-11,9-14)13(18)17-12-6-19-7-12/h11-12H,3-10H2,1-2H3,(H,17,18). The van der Waals surface area contributed by atoms with Gasteiger partial charge in [-0.05, 0) is 55.3 Å². The van der Waals surface area contributed by atoms with Crippen molar-refractivity contribution in [1.82, 2.24) is 5.32 Å². The molecule has 4 aliphatic carbocycles. The Morgan fingerprint density at radius 2 is 1.68 bits per heavy atom. The first-order valence-electron chi connectivity index (χ1n) is 7.79. The van der Waals surface area contributed by atoms with Gasteiger partial charge in [0, 0.05) is 0 Å². The van der Waals surface area contributed by atoms with Crippen molar-refractivity contribution in [2.24, 2.45) is 22.2 Å². The van der Waals surface area contributed by atoms with Gasteiger partial charge in [0.2, 0.25) is 5.91 Å². The molecule has 0 aromatic heterocycles. The minimum atomic E-state index is -0.0570. The van der Waals surface area contributed by atoms with Gasteiger partial charge in [-0.15, -0.1) is 0 Å². The predicted molar refractivity (Wildman–Crippen MR) is 72.6 cm³/mol. The van der Waals surface area contributed by atoms with Crippen molar-refractivity contribution < 1.29 is 9.53 Å². The molecule has 4 bridgehead atoms. The minimum absolute atomic E-state index is 0.0570. The van der Waals surface area contributed by atoms with Crippen LogP contribution in [0.1, 0.15) is 52.4 Å². The molecule has 1 N–H and O–H groups in total. The first-order chi connectivity index (χ1) is 8.91. The van der Waals surface area contributed by atoms with Gasteiger partial charge in [-0.3, -0.25) is 4.79 Å². The summed E-state index contributed by atoms with van der Waals surface area (Å²) in [5.41, 5.74) is 0.780. The van der Waals surface area contributed by atoms with Crippen molar-refractivity contribution in [3.63, 3.8) is 0 Å². The van der Waals surface area contributed by atoms with Crippen LogP contribution in [0.4, 0.5) is 0 Å². The van der Waals surface area contributed by atoms with Crippen molar-refractivity contribution >= 4 is 5.91 Å². The molecule has 2 unspecified atom stereocenters. The number of hydrogen-bond acceptors (Lipinski definition) is 2. The molecule has 5 fully saturated rings. The van der Waals surface area contributed by atoms with Crippen molar-refractivity contribution in [3.05, 3.63) is 0 Å². The molecule has 4 saturated carbocycles. The maximum absolute atomic E-state index is 12.8. The van der Waals surface area contributed by atoms with E-state index in [4.69, 9.17) is 4.74 Å². The third kappa shape index (κ3) is 1.77. The third-order valence-electron chi connectivity index (χ3n) is 6.08. The fourth-order valence-corrected chi connectivity index (χ4v) is 6.36. The Bertz CT molecular complexity index is 410. The van der Waals surface area contributed by atoms with Gasteiger partial charge in [-0.1, -0.05) is 13.8 Å². The highest BCUT2D eigenvalue weighted by atomic mass is 16.5. The topological polar surface area (TPSA) is 38.3 Å². The Morgan fingerprint density at radius 1 is 1.05 bits per heavy atom. The Labute approximate surface area is 115 Å². The number of ether oxygens (including phenoxy) is 1. The van der Waals surface area contributed by atoms with E-state index in [9.17, 15) is 4.79 Å². The van der Waals surface area contributed by atoms with Gasteiger partial charge in [0.05, 0.1) is 24.7 Å². The number of rotatable bonds is 2. The molecule has 1 saturated heterocycles. The van der Waals surface area contributed by atoms with Crippen molar-refractivity contribution in [2.75, 3.05) is 13.2 Å². The maximum atomic E-state index is 12.8. The molecule has 0 aromatic rings. The summed E-state index contributed by atoms with van der Waals surface area (Å²) in [4.78, 5) is 12.8. The average Bonchev–Trinajstić information content (AvgIpc) is 2.17. The number of carbonyl (C=O) groups excluding carboxylic acids is 1. The van der Waals surface area contributed by atoms with Gasteiger partial charge in [-0.2, -0.15) is 0 Å². The van der Waals surface area contributed by atoms with Gasteiger partial charge in [-0.25, -0.2) is 0 Å². The molecule has 0 aromatic carbocycles. The molecule has 19 heavy (non-hydrogen) atoms. The fourth-order valence-electron chi connectivity index (χ4n) is 6.36. The van der Waals surface area contributed by atoms with Crippen LogP contribution in [0.25, 0.3) is 0 Å². The van der Waals surface area contributed by atoms with Gasteiger partial charge in [0.1, 0.15) is 0 Å². The fraction of sp³-hybridized carbons (Fsp3) is 0.938. The second kappa shape index (κ2) is 3.55. The van der Waals surface area contributed by atoms with Crippen LogP contribution in [0.5, 0.6) is 0 Å². The highest BCUT2D eigenvalue weighted by Gasteiger charge is 2.62. The highest BCUT2D eigenvalue weighted by Crippen LogP contribution is 2.69. The molecule has 106 valence electrons. The molecule has 3 nitrogen and oxygen atoms in total. The summed E-state index contributed by atoms with van der Waals surface area (Å²) < 4.78 is 5.18. The summed E-state index contributed by atoms with van der Waals surface area (Å²) in [5, 5.41) is 3.24. The Hall–Kier alpha value is -0.570. The summed E-state index contributed by atoms with van der Waals surface area (Å²) in [6.07, 6.45) is 7.40. The van der Waals surface area contributed by atoms with E-state index in [1.54, 1.807) is 0 Å². The molecule has 1 amide bonds. The molecule has 1 heterocycles. The number of hydrogen-bond donors (Lipinski definition) is 1. The number of nitrogens with one attached hydrogen (secondary N) is 1. The van der Waals surface area contributed by atoms with Crippen molar-refractivity contribution in [3.8, 4) is 0 Å². The largest absolute Gasteiger partial charge is 0.377 e. The van der Waals surface area contributed by atoms with Crippen LogP contribution in [-0.2, 0) is 9.53 Å². The zero-order chi connectivity index (χ0) is 13.3. The zero-order valence-corrected chi connectivity index (χ0v) is 12.1. The van der Waals surface area contributed by atoms with Gasteiger partial charge in [0.25, 0.3) is 0 Å². The van der Waals surface area contributed by atoms with Crippen LogP contribution in [0, 0.1) is 22.2 Å². The van der Waals surface area contributed by atoms with Crippen LogP contribution < -0.4 is 5.32 Å². The third-order valence-corrected chi connectivity index (χ3v) is 6.08. The van der Waals surface area contributed by atoms with Gasteiger partial charge < -0.3 is 10.1 Å². The molecule has 1 aliphatic heterocycles. The van der Waals surface area contributed by atoms with Crippen LogP contribution in [0.15, 0.2) is 0 Å². The normalized spacial score (nSPS) is 52.0. The minimum Gasteiger partial charge on any atom is -0.377 e. The van der Waals surface area contributed by atoms with Crippen LogP contribution in [0.3, 0.4) is 0 Å². The van der Waals surface area contributed by atoms with E-state index >= 15 is 0 Å². The summed E-state index contributed by atoms with van der Waals surface area (Å²) in [6.45, 7) is 6.26. The Balaban J connectivity index is 1.61.